The number of carbonyl (C=O) groups excluding carboxylic acids is 2. The Morgan fingerprint density at radius 2 is 1.77 bits per heavy atom. The summed E-state index contributed by atoms with van der Waals surface area (Å²) in [5, 5.41) is 4.79. The van der Waals surface area contributed by atoms with Crippen molar-refractivity contribution in [2.75, 3.05) is 19.0 Å². The summed E-state index contributed by atoms with van der Waals surface area (Å²) in [7, 11) is 1.63. The minimum absolute atomic E-state index is 0.437. The van der Waals surface area contributed by atoms with Gasteiger partial charge in [-0.1, -0.05) is 30.3 Å². The van der Waals surface area contributed by atoms with Crippen LogP contribution in [-0.2, 0) is 14.3 Å². The highest BCUT2D eigenvalue weighted by atomic mass is 16.5. The fourth-order valence-corrected chi connectivity index (χ4v) is 2.99. The minimum atomic E-state index is -0.962. The predicted octanol–water partition coefficient (Wildman–Crippen LogP) is 4.83. The number of esters is 1. The van der Waals surface area contributed by atoms with Gasteiger partial charge in [0.25, 0.3) is 5.91 Å². The van der Waals surface area contributed by atoms with Crippen LogP contribution < -0.4 is 14.8 Å². The van der Waals surface area contributed by atoms with Gasteiger partial charge in [0.05, 0.1) is 19.4 Å². The molecule has 160 valence electrons. The largest absolute Gasteiger partial charge is 0.497 e. The second kappa shape index (κ2) is 10.3. The van der Waals surface area contributed by atoms with Crippen LogP contribution in [0.1, 0.15) is 19.4 Å². The third-order valence-corrected chi connectivity index (χ3v) is 4.59. The van der Waals surface area contributed by atoms with Crippen LogP contribution >= 0.6 is 0 Å². The van der Waals surface area contributed by atoms with E-state index in [1.54, 1.807) is 31.4 Å². The van der Waals surface area contributed by atoms with Crippen molar-refractivity contribution in [2.45, 2.75) is 20.0 Å². The van der Waals surface area contributed by atoms with Crippen LogP contribution in [0.5, 0.6) is 11.5 Å². The normalized spacial score (nSPS) is 11.8. The first-order valence-corrected chi connectivity index (χ1v) is 9.99. The smallest absolute Gasteiger partial charge is 0.331 e. The maximum Gasteiger partial charge on any atom is 0.331 e. The molecule has 0 aromatic heterocycles. The van der Waals surface area contributed by atoms with E-state index >= 15 is 0 Å². The first kappa shape index (κ1) is 21.9. The molecule has 3 rings (SSSR count). The zero-order valence-corrected chi connectivity index (χ0v) is 17.8. The van der Waals surface area contributed by atoms with Crippen LogP contribution in [0.4, 0.5) is 5.69 Å². The van der Waals surface area contributed by atoms with Crippen molar-refractivity contribution in [2.24, 2.45) is 0 Å². The Bertz CT molecular complexity index is 1110. The topological polar surface area (TPSA) is 73.9 Å². The van der Waals surface area contributed by atoms with Gasteiger partial charge >= 0.3 is 5.97 Å². The average molecular weight is 419 g/mol. The maximum atomic E-state index is 12.4. The zero-order chi connectivity index (χ0) is 22.2. The lowest BCUT2D eigenvalue weighted by atomic mass is 10.1. The molecule has 1 atom stereocenters. The number of carbonyl (C=O) groups is 2. The van der Waals surface area contributed by atoms with Gasteiger partial charge in [0.2, 0.25) is 0 Å². The van der Waals surface area contributed by atoms with Crippen LogP contribution in [0.15, 0.2) is 66.7 Å². The predicted molar refractivity (Wildman–Crippen MR) is 121 cm³/mol. The van der Waals surface area contributed by atoms with Crippen LogP contribution in [0.25, 0.3) is 16.8 Å². The second-order valence-electron chi connectivity index (χ2n) is 6.80. The van der Waals surface area contributed by atoms with E-state index in [1.165, 1.54) is 13.0 Å². The Hall–Kier alpha value is -3.80. The number of amides is 1. The summed E-state index contributed by atoms with van der Waals surface area (Å²) in [6.45, 7) is 3.86. The molecule has 1 N–H and O–H groups in total. The third kappa shape index (κ3) is 5.85. The van der Waals surface area contributed by atoms with E-state index in [4.69, 9.17) is 14.2 Å². The van der Waals surface area contributed by atoms with Crippen LogP contribution in [0.3, 0.4) is 0 Å². The highest BCUT2D eigenvalue weighted by molar-refractivity contribution is 5.97. The molecule has 0 bridgehead atoms. The Morgan fingerprint density at radius 3 is 2.55 bits per heavy atom. The molecule has 0 spiro atoms. The number of ether oxygens (including phenoxy) is 3. The van der Waals surface area contributed by atoms with Crippen molar-refractivity contribution in [1.29, 1.82) is 0 Å². The van der Waals surface area contributed by atoms with Gasteiger partial charge in [0.15, 0.2) is 6.10 Å². The van der Waals surface area contributed by atoms with Gasteiger partial charge in [-0.15, -0.1) is 0 Å². The number of nitrogens with one attached hydrogen (secondary N) is 1. The Labute approximate surface area is 181 Å². The van der Waals surface area contributed by atoms with Crippen molar-refractivity contribution in [1.82, 2.24) is 0 Å². The lowest BCUT2D eigenvalue weighted by Gasteiger charge is -2.15. The fourth-order valence-electron chi connectivity index (χ4n) is 2.99. The number of methoxy groups -OCH3 is 1. The molecule has 31 heavy (non-hydrogen) atoms. The summed E-state index contributed by atoms with van der Waals surface area (Å²) in [4.78, 5) is 24.6. The van der Waals surface area contributed by atoms with Crippen molar-refractivity contribution < 1.29 is 23.8 Å². The molecule has 6 heteroatoms. The van der Waals surface area contributed by atoms with Gasteiger partial charge < -0.3 is 19.5 Å². The Kier molecular flexibility index (Phi) is 7.27. The van der Waals surface area contributed by atoms with E-state index < -0.39 is 18.0 Å². The van der Waals surface area contributed by atoms with Gasteiger partial charge in [-0.05, 0) is 66.6 Å². The molecule has 0 fully saturated rings. The number of anilines is 1. The van der Waals surface area contributed by atoms with Crippen molar-refractivity contribution in [3.05, 3.63) is 72.3 Å². The molecular formula is C25H25NO5. The van der Waals surface area contributed by atoms with Gasteiger partial charge in [-0.2, -0.15) is 0 Å². The Morgan fingerprint density at radius 1 is 1.03 bits per heavy atom. The van der Waals surface area contributed by atoms with Gasteiger partial charge in [-0.3, -0.25) is 4.79 Å². The first-order valence-electron chi connectivity index (χ1n) is 9.99. The Balaban J connectivity index is 1.60. The van der Waals surface area contributed by atoms with Gasteiger partial charge in [0, 0.05) is 6.08 Å². The molecular weight excluding hydrogens is 394 g/mol. The molecule has 0 unspecified atom stereocenters. The molecule has 0 saturated heterocycles. The lowest BCUT2D eigenvalue weighted by molar-refractivity contribution is -0.148. The summed E-state index contributed by atoms with van der Waals surface area (Å²) < 4.78 is 15.9. The zero-order valence-electron chi connectivity index (χ0n) is 17.8. The number of hydrogen-bond acceptors (Lipinski definition) is 5. The number of para-hydroxylation sites is 2. The van der Waals surface area contributed by atoms with Gasteiger partial charge in [-0.25, -0.2) is 4.79 Å². The quantitative estimate of drug-likeness (QED) is 0.418. The van der Waals surface area contributed by atoms with Crippen molar-refractivity contribution in [3.8, 4) is 11.5 Å². The molecule has 0 saturated carbocycles. The minimum Gasteiger partial charge on any atom is -0.497 e. The van der Waals surface area contributed by atoms with Crippen molar-refractivity contribution in [3.63, 3.8) is 0 Å². The molecule has 0 aliphatic rings. The fraction of sp³-hybridized carbons (Fsp3) is 0.200. The number of hydrogen-bond donors (Lipinski definition) is 1. The van der Waals surface area contributed by atoms with E-state index in [0.717, 1.165) is 22.1 Å². The molecule has 6 nitrogen and oxygen atoms in total. The summed E-state index contributed by atoms with van der Waals surface area (Å²) in [6, 6.07) is 18.7. The van der Waals surface area contributed by atoms with Crippen LogP contribution in [-0.4, -0.2) is 31.7 Å². The molecule has 0 radical (unpaired) electrons. The van der Waals surface area contributed by atoms with E-state index in [2.05, 4.69) is 5.32 Å². The molecule has 0 aliphatic carbocycles. The third-order valence-electron chi connectivity index (χ3n) is 4.59. The molecule has 1 amide bonds. The maximum absolute atomic E-state index is 12.4. The number of benzene rings is 3. The highest BCUT2D eigenvalue weighted by Crippen LogP contribution is 2.24. The average Bonchev–Trinajstić information content (AvgIpc) is 2.78. The summed E-state index contributed by atoms with van der Waals surface area (Å²) in [5.41, 5.74) is 1.37. The highest BCUT2D eigenvalue weighted by Gasteiger charge is 2.18. The number of fused-ring (bicyclic) bond motifs is 1. The molecule has 0 aliphatic heterocycles. The number of rotatable bonds is 8. The van der Waals surface area contributed by atoms with E-state index in [-0.39, 0.29) is 0 Å². The van der Waals surface area contributed by atoms with E-state index in [1.807, 2.05) is 49.4 Å². The second-order valence-corrected chi connectivity index (χ2v) is 6.80. The van der Waals surface area contributed by atoms with E-state index in [0.29, 0.717) is 18.0 Å². The molecule has 3 aromatic carbocycles. The lowest BCUT2D eigenvalue weighted by Crippen LogP contribution is -2.29. The summed E-state index contributed by atoms with van der Waals surface area (Å²) in [5.74, 6) is 0.310. The molecule has 0 heterocycles. The van der Waals surface area contributed by atoms with Crippen molar-refractivity contribution >= 4 is 34.4 Å². The monoisotopic (exact) mass is 419 g/mol. The first-order chi connectivity index (χ1) is 15.0. The van der Waals surface area contributed by atoms with Gasteiger partial charge in [0.1, 0.15) is 11.5 Å². The SMILES string of the molecule is CCOc1ccccc1NC(=O)[C@@H](C)OC(=O)/C=C/c1ccc2cc(OC)ccc2c1. The standard InChI is InChI=1S/C25H25NO5/c1-4-30-23-8-6-5-7-22(23)26-25(28)17(2)31-24(27)14-10-18-9-11-20-16-21(29-3)13-12-19(20)15-18/h5-17H,4H2,1-3H3,(H,26,28)/b14-10+/t17-/m1/s1. The van der Waals surface area contributed by atoms with Crippen LogP contribution in [0, 0.1) is 0 Å². The van der Waals surface area contributed by atoms with E-state index in [9.17, 15) is 9.59 Å². The van der Waals surface area contributed by atoms with Crippen LogP contribution in [0.2, 0.25) is 0 Å². The molecule has 3 aromatic rings. The summed E-state index contributed by atoms with van der Waals surface area (Å²) in [6.07, 6.45) is 2.00. The summed E-state index contributed by atoms with van der Waals surface area (Å²) >= 11 is 0.